The molecule has 0 aromatic carbocycles. The lowest BCUT2D eigenvalue weighted by molar-refractivity contribution is 0.252. The predicted molar refractivity (Wildman–Crippen MR) is 153 cm³/mol. The van der Waals surface area contributed by atoms with Crippen LogP contribution in [0.1, 0.15) is 119 Å². The molecule has 0 saturated carbocycles. The third-order valence-corrected chi connectivity index (χ3v) is 19.9. The highest BCUT2D eigenvalue weighted by Gasteiger charge is 2.43. The number of hydrogen-bond acceptors (Lipinski definition) is 2. The molecule has 0 aromatic heterocycles. The summed E-state index contributed by atoms with van der Waals surface area (Å²) < 4.78 is 6.31. The maximum Gasteiger partial charge on any atom is 0.128 e. The summed E-state index contributed by atoms with van der Waals surface area (Å²) in [7, 11) is -2.60. The summed E-state index contributed by atoms with van der Waals surface area (Å²) in [6.07, 6.45) is 17.1. The van der Waals surface area contributed by atoms with E-state index < -0.39 is 16.5 Å². The van der Waals surface area contributed by atoms with E-state index >= 15 is 0 Å². The molecule has 0 bridgehead atoms. The van der Waals surface area contributed by atoms with Crippen molar-refractivity contribution in [1.29, 1.82) is 0 Å². The fourth-order valence-corrected chi connectivity index (χ4v) is 18.2. The van der Waals surface area contributed by atoms with Gasteiger partial charge in [0, 0.05) is 26.2 Å². The highest BCUT2D eigenvalue weighted by molar-refractivity contribution is 6.78. The second-order valence-electron chi connectivity index (χ2n) is 11.0. The van der Waals surface area contributed by atoms with Crippen LogP contribution in [-0.2, 0) is 0 Å². The zero-order valence-corrected chi connectivity index (χ0v) is 25.5. The Morgan fingerprint density at radius 1 is 0.375 bits per heavy atom. The van der Waals surface area contributed by atoms with Gasteiger partial charge in [0.25, 0.3) is 0 Å². The quantitative estimate of drug-likeness (QED) is 0.159. The van der Waals surface area contributed by atoms with Crippen LogP contribution in [0, 0.1) is 0 Å². The Morgan fingerprint density at radius 2 is 0.562 bits per heavy atom. The summed E-state index contributed by atoms with van der Waals surface area (Å²) in [6, 6.07) is 9.46. The number of rotatable bonds is 20. The van der Waals surface area contributed by atoms with Gasteiger partial charge in [0.05, 0.1) is 0 Å². The summed E-state index contributed by atoms with van der Waals surface area (Å²) in [5, 5.41) is 0. The first-order valence-corrected chi connectivity index (χ1v) is 20.2. The molecular formula is C28H62N2Si2. The molecule has 1 saturated heterocycles. The summed E-state index contributed by atoms with van der Waals surface area (Å²) in [4.78, 5) is 0. The maximum absolute atomic E-state index is 3.16. The second kappa shape index (κ2) is 17.7. The molecule has 0 atom stereocenters. The highest BCUT2D eigenvalue weighted by atomic mass is 28.3. The smallest absolute Gasteiger partial charge is 0.128 e. The van der Waals surface area contributed by atoms with Crippen LogP contribution in [0.25, 0.3) is 0 Å². The SMILES string of the molecule is CCCC[Si](CCCC)(CCCC)N1CCN([Si](CCCC)(CCCC)CCCC)CC1. The van der Waals surface area contributed by atoms with Crippen LogP contribution >= 0.6 is 0 Å². The van der Waals surface area contributed by atoms with Crippen molar-refractivity contribution in [3.8, 4) is 0 Å². The Bertz CT molecular complexity index is 352. The van der Waals surface area contributed by atoms with Crippen LogP contribution in [0.5, 0.6) is 0 Å². The van der Waals surface area contributed by atoms with Crippen molar-refractivity contribution in [3.05, 3.63) is 0 Å². The van der Waals surface area contributed by atoms with E-state index in [2.05, 4.69) is 50.7 Å². The van der Waals surface area contributed by atoms with Crippen molar-refractivity contribution in [2.45, 2.75) is 155 Å². The monoisotopic (exact) mass is 482 g/mol. The minimum Gasteiger partial charge on any atom is -0.321 e. The minimum atomic E-state index is -1.30. The van der Waals surface area contributed by atoms with Gasteiger partial charge in [-0.15, -0.1) is 0 Å². The predicted octanol–water partition coefficient (Wildman–Crippen LogP) is 9.30. The second-order valence-corrected chi connectivity index (χ2v) is 20.2. The Balaban J connectivity index is 3.01. The highest BCUT2D eigenvalue weighted by Crippen LogP contribution is 2.36. The summed E-state index contributed by atoms with van der Waals surface area (Å²) in [5.74, 6) is 0. The van der Waals surface area contributed by atoms with Crippen LogP contribution in [0.4, 0.5) is 0 Å². The third-order valence-electron chi connectivity index (χ3n) is 8.60. The van der Waals surface area contributed by atoms with Crippen LogP contribution in [0.15, 0.2) is 0 Å². The van der Waals surface area contributed by atoms with Crippen molar-refractivity contribution in [1.82, 2.24) is 9.13 Å². The molecule has 2 nitrogen and oxygen atoms in total. The van der Waals surface area contributed by atoms with Gasteiger partial charge in [-0.05, 0) is 36.3 Å². The molecular weight excluding hydrogens is 420 g/mol. The zero-order valence-electron chi connectivity index (χ0n) is 23.5. The van der Waals surface area contributed by atoms with Crippen molar-refractivity contribution in [2.75, 3.05) is 26.2 Å². The van der Waals surface area contributed by atoms with Gasteiger partial charge in [-0.25, -0.2) is 0 Å². The van der Waals surface area contributed by atoms with Gasteiger partial charge in [-0.1, -0.05) is 119 Å². The number of hydrogen-bond donors (Lipinski definition) is 0. The van der Waals surface area contributed by atoms with Gasteiger partial charge in [-0.2, -0.15) is 0 Å². The van der Waals surface area contributed by atoms with Gasteiger partial charge < -0.3 is 9.13 Å². The lowest BCUT2D eigenvalue weighted by Crippen LogP contribution is -2.65. The van der Waals surface area contributed by atoms with E-state index in [1.807, 2.05) is 0 Å². The Labute approximate surface area is 206 Å². The van der Waals surface area contributed by atoms with Gasteiger partial charge in [0.1, 0.15) is 16.5 Å². The third kappa shape index (κ3) is 9.54. The van der Waals surface area contributed by atoms with Crippen molar-refractivity contribution in [3.63, 3.8) is 0 Å². The van der Waals surface area contributed by atoms with E-state index in [-0.39, 0.29) is 0 Å². The van der Waals surface area contributed by atoms with Crippen molar-refractivity contribution >= 4 is 16.5 Å². The van der Waals surface area contributed by atoms with Crippen LogP contribution < -0.4 is 0 Å². The van der Waals surface area contributed by atoms with E-state index in [0.29, 0.717) is 0 Å². The van der Waals surface area contributed by atoms with E-state index in [1.165, 1.54) is 103 Å². The maximum atomic E-state index is 3.16. The van der Waals surface area contributed by atoms with Crippen LogP contribution in [-0.4, -0.2) is 51.8 Å². The molecule has 1 rings (SSSR count). The summed E-state index contributed by atoms with van der Waals surface area (Å²) in [6.45, 7) is 20.1. The van der Waals surface area contributed by atoms with Crippen LogP contribution in [0.2, 0.25) is 36.3 Å². The normalized spacial score (nSPS) is 16.7. The molecule has 1 aliphatic rings. The molecule has 0 aliphatic carbocycles. The molecule has 0 amide bonds. The van der Waals surface area contributed by atoms with E-state index in [4.69, 9.17) is 0 Å². The van der Waals surface area contributed by atoms with Crippen molar-refractivity contribution < 1.29 is 0 Å². The van der Waals surface area contributed by atoms with E-state index in [0.717, 1.165) is 0 Å². The molecule has 0 aromatic rings. The largest absolute Gasteiger partial charge is 0.321 e. The number of piperazine rings is 1. The fraction of sp³-hybridized carbons (Fsp3) is 1.00. The topological polar surface area (TPSA) is 6.48 Å². The molecule has 0 spiro atoms. The Morgan fingerprint density at radius 3 is 0.719 bits per heavy atom. The molecule has 1 fully saturated rings. The van der Waals surface area contributed by atoms with E-state index in [1.54, 1.807) is 36.3 Å². The first-order chi connectivity index (χ1) is 15.6. The van der Waals surface area contributed by atoms with Gasteiger partial charge in [0.2, 0.25) is 0 Å². The van der Waals surface area contributed by atoms with Gasteiger partial charge in [0.15, 0.2) is 0 Å². The van der Waals surface area contributed by atoms with Gasteiger partial charge >= 0.3 is 0 Å². The lowest BCUT2D eigenvalue weighted by atomic mass is 10.4. The molecule has 192 valence electrons. The molecule has 1 aliphatic heterocycles. The molecule has 0 N–H and O–H groups in total. The first kappa shape index (κ1) is 30.4. The van der Waals surface area contributed by atoms with Gasteiger partial charge in [-0.3, -0.25) is 0 Å². The van der Waals surface area contributed by atoms with E-state index in [9.17, 15) is 0 Å². The zero-order chi connectivity index (χ0) is 23.7. The fourth-order valence-electron chi connectivity index (χ4n) is 6.39. The molecule has 32 heavy (non-hydrogen) atoms. The molecule has 4 heteroatoms. The first-order valence-electron chi connectivity index (χ1n) is 15.1. The Hall–Kier alpha value is 0.354. The summed E-state index contributed by atoms with van der Waals surface area (Å²) >= 11 is 0. The average Bonchev–Trinajstić information content (AvgIpc) is 2.84. The Kier molecular flexibility index (Phi) is 16.8. The van der Waals surface area contributed by atoms with Crippen molar-refractivity contribution in [2.24, 2.45) is 0 Å². The average molecular weight is 483 g/mol. The summed E-state index contributed by atoms with van der Waals surface area (Å²) in [5.41, 5.74) is 0. The molecule has 1 heterocycles. The number of unbranched alkanes of at least 4 members (excludes halogenated alkanes) is 6. The number of nitrogens with zero attached hydrogens (tertiary/aromatic N) is 2. The lowest BCUT2D eigenvalue weighted by Gasteiger charge is -2.52. The van der Waals surface area contributed by atoms with Crippen LogP contribution in [0.3, 0.4) is 0 Å². The minimum absolute atomic E-state index is 1.30. The molecule has 0 unspecified atom stereocenters. The molecule has 0 radical (unpaired) electrons. The standard InChI is InChI=1S/C28H62N2Si2/c1-7-13-23-31(24-14-8-2,25-15-9-3)29-19-21-30(22-20-29)32(26-16-10-4,27-17-11-5)28-18-12-6/h7-28H2,1-6H3.